The van der Waals surface area contributed by atoms with E-state index in [9.17, 15) is 9.59 Å². The molecule has 0 saturated heterocycles. The van der Waals surface area contributed by atoms with Gasteiger partial charge < -0.3 is 9.47 Å². The van der Waals surface area contributed by atoms with Crippen LogP contribution in [0.15, 0.2) is 36.4 Å². The molecule has 0 spiro atoms. The lowest BCUT2D eigenvalue weighted by Crippen LogP contribution is -2.44. The van der Waals surface area contributed by atoms with Gasteiger partial charge in [0.25, 0.3) is 0 Å². The van der Waals surface area contributed by atoms with Crippen LogP contribution in [0.4, 0.5) is 0 Å². The molecule has 0 fully saturated rings. The van der Waals surface area contributed by atoms with Gasteiger partial charge in [-0.2, -0.15) is 0 Å². The Balaban J connectivity index is 2.32. The van der Waals surface area contributed by atoms with E-state index in [0.717, 1.165) is 0 Å². The molecule has 0 saturated carbocycles. The minimum atomic E-state index is -1.54. The van der Waals surface area contributed by atoms with Crippen LogP contribution in [-0.2, 0) is 9.59 Å². The summed E-state index contributed by atoms with van der Waals surface area (Å²) in [7, 11) is 0. The summed E-state index contributed by atoms with van der Waals surface area (Å²) >= 11 is 23.9. The zero-order valence-corrected chi connectivity index (χ0v) is 17.5. The third-order valence-corrected chi connectivity index (χ3v) is 5.28. The maximum Gasteiger partial charge on any atom is 0.328 e. The van der Waals surface area contributed by atoms with Crippen molar-refractivity contribution in [3.05, 3.63) is 56.5 Å². The van der Waals surface area contributed by atoms with Gasteiger partial charge in [0, 0.05) is 22.2 Å². The summed E-state index contributed by atoms with van der Waals surface area (Å²) < 4.78 is 10.7. The highest BCUT2D eigenvalue weighted by Crippen LogP contribution is 2.36. The lowest BCUT2D eigenvalue weighted by molar-refractivity contribution is -0.161. The van der Waals surface area contributed by atoms with Gasteiger partial charge in [-0.05, 0) is 37.1 Å². The fourth-order valence-electron chi connectivity index (χ4n) is 2.42. The maximum absolute atomic E-state index is 12.9. The van der Waals surface area contributed by atoms with E-state index in [1.54, 1.807) is 26.0 Å². The summed E-state index contributed by atoms with van der Waals surface area (Å²) in [5.74, 6) is -1.46. The second-order valence-corrected chi connectivity index (χ2v) is 7.41. The van der Waals surface area contributed by atoms with Gasteiger partial charge in [-0.3, -0.25) is 9.59 Å². The Bertz CT molecular complexity index is 795. The highest BCUT2D eigenvalue weighted by Gasteiger charge is 2.47. The third kappa shape index (κ3) is 4.88. The Hall–Kier alpha value is -1.46. The normalized spacial score (nSPS) is 11.2. The van der Waals surface area contributed by atoms with Crippen molar-refractivity contribution in [2.75, 3.05) is 0 Å². The first kappa shape index (κ1) is 21.8. The molecule has 0 unspecified atom stereocenters. The number of rotatable bonds is 6. The molecule has 144 valence electrons. The van der Waals surface area contributed by atoms with E-state index >= 15 is 0 Å². The lowest BCUT2D eigenvalue weighted by atomic mass is 9.82. The smallest absolute Gasteiger partial charge is 0.328 e. The number of hydrogen-bond donors (Lipinski definition) is 0. The van der Waals surface area contributed by atoms with Crippen molar-refractivity contribution in [1.82, 2.24) is 0 Å². The number of ether oxygens (including phenoxy) is 2. The van der Waals surface area contributed by atoms with Crippen molar-refractivity contribution in [2.45, 2.75) is 26.7 Å². The Morgan fingerprint density at radius 2 is 1.15 bits per heavy atom. The van der Waals surface area contributed by atoms with Gasteiger partial charge in [0.05, 0.1) is 10.0 Å². The predicted octanol–water partition coefficient (Wildman–Crippen LogP) is 6.62. The molecule has 0 aliphatic heterocycles. The Kier molecular flexibility index (Phi) is 7.40. The van der Waals surface area contributed by atoms with Crippen LogP contribution < -0.4 is 9.47 Å². The molecule has 0 aliphatic carbocycles. The van der Waals surface area contributed by atoms with Gasteiger partial charge in [0.2, 0.25) is 0 Å². The number of halogens is 4. The minimum Gasteiger partial charge on any atom is -0.424 e. The van der Waals surface area contributed by atoms with Crippen molar-refractivity contribution in [3.8, 4) is 11.5 Å². The zero-order chi connectivity index (χ0) is 20.2. The molecule has 0 radical (unpaired) electrons. The summed E-state index contributed by atoms with van der Waals surface area (Å²) in [4.78, 5) is 25.7. The van der Waals surface area contributed by atoms with E-state index in [2.05, 4.69) is 0 Å². The van der Waals surface area contributed by atoms with Crippen molar-refractivity contribution in [3.63, 3.8) is 0 Å². The molecule has 0 bridgehead atoms. The fraction of sp³-hybridized carbons (Fsp3) is 0.263. The molecule has 2 aromatic carbocycles. The molecule has 0 aliphatic rings. The average Bonchev–Trinajstić information content (AvgIpc) is 2.63. The van der Waals surface area contributed by atoms with Crippen LogP contribution in [0.3, 0.4) is 0 Å². The summed E-state index contributed by atoms with van der Waals surface area (Å²) in [5, 5.41) is 1.07. The SMILES string of the molecule is CCC(CC)(C(=O)Oc1cc(Cl)ccc1Cl)C(=O)Oc1cc(Cl)ccc1Cl. The summed E-state index contributed by atoms with van der Waals surface area (Å²) in [5.41, 5.74) is -1.54. The van der Waals surface area contributed by atoms with Gasteiger partial charge in [-0.25, -0.2) is 0 Å². The molecule has 8 heteroatoms. The molecule has 27 heavy (non-hydrogen) atoms. The Morgan fingerprint density at radius 3 is 1.48 bits per heavy atom. The van der Waals surface area contributed by atoms with E-state index < -0.39 is 17.4 Å². The van der Waals surface area contributed by atoms with Crippen LogP contribution in [0.1, 0.15) is 26.7 Å². The number of hydrogen-bond acceptors (Lipinski definition) is 4. The van der Waals surface area contributed by atoms with Gasteiger partial charge in [-0.1, -0.05) is 60.3 Å². The molecular formula is C19H16Cl4O4. The van der Waals surface area contributed by atoms with Crippen molar-refractivity contribution in [2.24, 2.45) is 5.41 Å². The Morgan fingerprint density at radius 1 is 0.778 bits per heavy atom. The molecular weight excluding hydrogens is 434 g/mol. The van der Waals surface area contributed by atoms with Crippen LogP contribution in [0, 0.1) is 5.41 Å². The molecule has 0 atom stereocenters. The molecule has 2 rings (SSSR count). The molecule has 0 N–H and O–H groups in total. The van der Waals surface area contributed by atoms with Crippen molar-refractivity contribution < 1.29 is 19.1 Å². The highest BCUT2D eigenvalue weighted by molar-refractivity contribution is 6.35. The largest absolute Gasteiger partial charge is 0.424 e. The average molecular weight is 450 g/mol. The predicted molar refractivity (Wildman–Crippen MR) is 107 cm³/mol. The van der Waals surface area contributed by atoms with Crippen LogP contribution in [0.25, 0.3) is 0 Å². The van der Waals surface area contributed by atoms with E-state index in [1.165, 1.54) is 24.3 Å². The highest BCUT2D eigenvalue weighted by atomic mass is 35.5. The quantitative estimate of drug-likeness (QED) is 0.282. The van der Waals surface area contributed by atoms with E-state index in [4.69, 9.17) is 55.9 Å². The van der Waals surface area contributed by atoms with Gasteiger partial charge >= 0.3 is 11.9 Å². The molecule has 0 heterocycles. The number of carbonyl (C=O) groups excluding carboxylic acids is 2. The number of carbonyl (C=O) groups is 2. The lowest BCUT2D eigenvalue weighted by Gasteiger charge is -2.27. The monoisotopic (exact) mass is 448 g/mol. The summed E-state index contributed by atoms with van der Waals surface area (Å²) in [6.45, 7) is 3.37. The first-order valence-corrected chi connectivity index (χ1v) is 9.59. The van der Waals surface area contributed by atoms with Crippen LogP contribution >= 0.6 is 46.4 Å². The van der Waals surface area contributed by atoms with Gasteiger partial charge in [-0.15, -0.1) is 0 Å². The van der Waals surface area contributed by atoms with Gasteiger partial charge in [0.1, 0.15) is 0 Å². The summed E-state index contributed by atoms with van der Waals surface area (Å²) in [6, 6.07) is 8.91. The van der Waals surface area contributed by atoms with E-state index in [0.29, 0.717) is 10.0 Å². The van der Waals surface area contributed by atoms with Crippen LogP contribution in [0.5, 0.6) is 11.5 Å². The standard InChI is InChI=1S/C19H16Cl4O4/c1-3-19(4-2,17(24)26-15-9-11(20)5-7-13(15)22)18(25)27-16-10-12(21)6-8-14(16)23/h5-10H,3-4H2,1-2H3. The third-order valence-electron chi connectivity index (χ3n) is 4.18. The molecule has 4 nitrogen and oxygen atoms in total. The fourth-order valence-corrected chi connectivity index (χ4v) is 3.05. The summed E-state index contributed by atoms with van der Waals surface area (Å²) in [6.07, 6.45) is 0.301. The second kappa shape index (κ2) is 9.16. The molecule has 0 amide bonds. The first-order valence-electron chi connectivity index (χ1n) is 8.08. The van der Waals surface area contributed by atoms with Crippen molar-refractivity contribution in [1.29, 1.82) is 0 Å². The Labute approximate surface area is 177 Å². The molecule has 2 aromatic rings. The number of benzene rings is 2. The first-order chi connectivity index (χ1) is 12.7. The molecule has 0 aromatic heterocycles. The van der Waals surface area contributed by atoms with Gasteiger partial charge in [0.15, 0.2) is 16.9 Å². The van der Waals surface area contributed by atoms with Crippen LogP contribution in [-0.4, -0.2) is 11.9 Å². The van der Waals surface area contributed by atoms with Crippen molar-refractivity contribution >= 4 is 58.3 Å². The zero-order valence-electron chi connectivity index (χ0n) is 14.5. The maximum atomic E-state index is 12.9. The van der Waals surface area contributed by atoms with Crippen LogP contribution in [0.2, 0.25) is 20.1 Å². The topological polar surface area (TPSA) is 52.6 Å². The van der Waals surface area contributed by atoms with E-state index in [1.807, 2.05) is 0 Å². The second-order valence-electron chi connectivity index (χ2n) is 5.72. The van der Waals surface area contributed by atoms with E-state index in [-0.39, 0.29) is 34.4 Å². The minimum absolute atomic E-state index is 0.0639. The number of esters is 2.